The van der Waals surface area contributed by atoms with E-state index in [0.717, 1.165) is 11.3 Å². The van der Waals surface area contributed by atoms with Crippen molar-refractivity contribution in [2.75, 3.05) is 30.3 Å². The molecule has 0 saturated carbocycles. The molecule has 1 heterocycles. The highest BCUT2D eigenvalue weighted by Gasteiger charge is 2.33. The van der Waals surface area contributed by atoms with Crippen molar-refractivity contribution in [1.29, 1.82) is 5.26 Å². The van der Waals surface area contributed by atoms with Crippen molar-refractivity contribution in [3.05, 3.63) is 95.5 Å². The number of piperazine rings is 1. The predicted molar refractivity (Wildman–Crippen MR) is 131 cm³/mol. The standard InChI is InChI=1S/C25H23ClN6O/c26-20-11-13-22(14-12-20)30-25(33)32-16-15-31(17-23(32)19-7-3-1-4-8-19)24(28-18-27)29-21-9-5-2-6-10-21/h1-14,23H,15-17H2,(H,28,29)(H,30,33). The summed E-state index contributed by atoms with van der Waals surface area (Å²) in [6.45, 7) is 1.47. The Hall–Kier alpha value is -4.02. The SMILES string of the molecule is N#C/N=C(/Nc1ccccc1)N1CCN(C(=O)Nc2ccc(Cl)cc2)C(c2ccccc2)C1. The van der Waals surface area contributed by atoms with E-state index in [-0.39, 0.29) is 12.1 Å². The number of carbonyl (C=O) groups excluding carboxylic acids is 1. The second kappa shape index (κ2) is 10.5. The van der Waals surface area contributed by atoms with Gasteiger partial charge in [0.1, 0.15) is 0 Å². The normalized spacial score (nSPS) is 16.1. The smallest absolute Gasteiger partial charge is 0.322 e. The molecule has 33 heavy (non-hydrogen) atoms. The molecule has 0 bridgehead atoms. The second-order valence-electron chi connectivity index (χ2n) is 7.53. The van der Waals surface area contributed by atoms with E-state index in [2.05, 4.69) is 15.6 Å². The maximum Gasteiger partial charge on any atom is 0.322 e. The molecule has 1 aliphatic rings. The van der Waals surface area contributed by atoms with Crippen molar-refractivity contribution < 1.29 is 4.79 Å². The molecule has 2 N–H and O–H groups in total. The summed E-state index contributed by atoms with van der Waals surface area (Å²) >= 11 is 5.96. The third kappa shape index (κ3) is 5.62. The van der Waals surface area contributed by atoms with Crippen LogP contribution in [0.5, 0.6) is 0 Å². The fraction of sp³-hybridized carbons (Fsp3) is 0.160. The van der Waals surface area contributed by atoms with Crippen molar-refractivity contribution in [3.8, 4) is 6.19 Å². The van der Waals surface area contributed by atoms with Gasteiger partial charge in [-0.3, -0.25) is 0 Å². The number of nitriles is 1. The zero-order chi connectivity index (χ0) is 23.0. The van der Waals surface area contributed by atoms with E-state index in [9.17, 15) is 10.1 Å². The van der Waals surface area contributed by atoms with Crippen LogP contribution in [0.25, 0.3) is 0 Å². The fourth-order valence-electron chi connectivity index (χ4n) is 3.78. The number of amides is 2. The largest absolute Gasteiger partial charge is 0.338 e. The number of carbonyl (C=O) groups is 1. The average Bonchev–Trinajstić information content (AvgIpc) is 2.86. The summed E-state index contributed by atoms with van der Waals surface area (Å²) in [5, 5.41) is 16.1. The minimum atomic E-state index is -0.228. The summed E-state index contributed by atoms with van der Waals surface area (Å²) in [7, 11) is 0. The molecule has 3 aromatic carbocycles. The molecule has 1 saturated heterocycles. The molecular formula is C25H23ClN6O. The maximum absolute atomic E-state index is 13.2. The van der Waals surface area contributed by atoms with Gasteiger partial charge in [0.05, 0.1) is 6.04 Å². The first-order chi connectivity index (χ1) is 16.1. The maximum atomic E-state index is 13.2. The van der Waals surface area contributed by atoms with Gasteiger partial charge in [-0.25, -0.2) is 4.79 Å². The van der Waals surface area contributed by atoms with Crippen LogP contribution in [0.3, 0.4) is 0 Å². The van der Waals surface area contributed by atoms with Crippen LogP contribution in [0.4, 0.5) is 16.2 Å². The molecular weight excluding hydrogens is 436 g/mol. The lowest BCUT2D eigenvalue weighted by atomic mass is 10.0. The number of guanidine groups is 1. The van der Waals surface area contributed by atoms with Crippen LogP contribution in [0.1, 0.15) is 11.6 Å². The molecule has 2 amide bonds. The van der Waals surface area contributed by atoms with E-state index in [4.69, 9.17) is 11.6 Å². The first kappa shape index (κ1) is 22.2. The number of hydrogen-bond acceptors (Lipinski definition) is 3. The molecule has 166 valence electrons. The third-order valence-electron chi connectivity index (χ3n) is 5.41. The van der Waals surface area contributed by atoms with Gasteiger partial charge in [-0.1, -0.05) is 60.1 Å². The van der Waals surface area contributed by atoms with Gasteiger partial charge in [-0.05, 0) is 42.0 Å². The molecule has 8 heteroatoms. The molecule has 0 aliphatic carbocycles. The minimum Gasteiger partial charge on any atom is -0.338 e. The molecule has 4 rings (SSSR count). The Kier molecular flexibility index (Phi) is 7.08. The van der Waals surface area contributed by atoms with Gasteiger partial charge >= 0.3 is 6.03 Å². The Morgan fingerprint density at radius 3 is 2.21 bits per heavy atom. The molecule has 0 radical (unpaired) electrons. The molecule has 1 aliphatic heterocycles. The third-order valence-corrected chi connectivity index (χ3v) is 5.66. The van der Waals surface area contributed by atoms with Crippen molar-refractivity contribution >= 4 is 35.0 Å². The van der Waals surface area contributed by atoms with Crippen LogP contribution >= 0.6 is 11.6 Å². The summed E-state index contributed by atoms with van der Waals surface area (Å²) in [5.74, 6) is 0.461. The number of para-hydroxylation sites is 1. The van der Waals surface area contributed by atoms with Gasteiger partial charge in [-0.15, -0.1) is 4.99 Å². The molecule has 7 nitrogen and oxygen atoms in total. The first-order valence-corrected chi connectivity index (χ1v) is 10.9. The van der Waals surface area contributed by atoms with Gasteiger partial charge in [0.2, 0.25) is 12.2 Å². The minimum absolute atomic E-state index is 0.194. The number of aliphatic imine (C=N–C) groups is 1. The highest BCUT2D eigenvalue weighted by atomic mass is 35.5. The predicted octanol–water partition coefficient (Wildman–Crippen LogP) is 5.18. The Labute approximate surface area is 197 Å². The number of rotatable bonds is 3. The van der Waals surface area contributed by atoms with Crippen LogP contribution in [0, 0.1) is 11.5 Å². The average molecular weight is 459 g/mol. The van der Waals surface area contributed by atoms with E-state index < -0.39 is 0 Å². The molecule has 0 aromatic heterocycles. The monoisotopic (exact) mass is 458 g/mol. The van der Waals surface area contributed by atoms with E-state index in [1.54, 1.807) is 24.3 Å². The Bertz CT molecular complexity index is 1150. The molecule has 1 fully saturated rings. The molecule has 1 unspecified atom stereocenters. The van der Waals surface area contributed by atoms with E-state index >= 15 is 0 Å². The Balaban J connectivity index is 1.56. The van der Waals surface area contributed by atoms with Crippen molar-refractivity contribution in [2.45, 2.75) is 6.04 Å². The number of benzene rings is 3. The zero-order valence-corrected chi connectivity index (χ0v) is 18.6. The fourth-order valence-corrected chi connectivity index (χ4v) is 3.91. The number of halogens is 1. The van der Waals surface area contributed by atoms with Gasteiger partial charge < -0.3 is 20.4 Å². The topological polar surface area (TPSA) is 83.8 Å². The summed E-state index contributed by atoms with van der Waals surface area (Å²) in [6.07, 6.45) is 1.89. The lowest BCUT2D eigenvalue weighted by molar-refractivity contribution is 0.136. The van der Waals surface area contributed by atoms with Crippen LogP contribution < -0.4 is 10.6 Å². The summed E-state index contributed by atoms with van der Waals surface area (Å²) < 4.78 is 0. The van der Waals surface area contributed by atoms with E-state index in [1.807, 2.05) is 76.7 Å². The summed E-state index contributed by atoms with van der Waals surface area (Å²) in [5.41, 5.74) is 2.52. The summed E-state index contributed by atoms with van der Waals surface area (Å²) in [4.78, 5) is 21.0. The van der Waals surface area contributed by atoms with Gasteiger partial charge in [0, 0.05) is 36.0 Å². The Morgan fingerprint density at radius 2 is 1.55 bits per heavy atom. The zero-order valence-electron chi connectivity index (χ0n) is 17.9. The van der Waals surface area contributed by atoms with Crippen LogP contribution in [0.2, 0.25) is 5.02 Å². The van der Waals surface area contributed by atoms with Crippen molar-refractivity contribution in [2.24, 2.45) is 4.99 Å². The van der Waals surface area contributed by atoms with Gasteiger partial charge in [0.25, 0.3) is 0 Å². The number of hydrogen-bond donors (Lipinski definition) is 2. The van der Waals surface area contributed by atoms with E-state index in [0.29, 0.717) is 36.3 Å². The van der Waals surface area contributed by atoms with Gasteiger partial charge in [-0.2, -0.15) is 5.26 Å². The number of nitrogens with zero attached hydrogens (tertiary/aromatic N) is 4. The van der Waals surface area contributed by atoms with Crippen LogP contribution in [-0.4, -0.2) is 41.4 Å². The highest BCUT2D eigenvalue weighted by Crippen LogP contribution is 2.27. The quantitative estimate of drug-likeness (QED) is 0.322. The molecule has 1 atom stereocenters. The first-order valence-electron chi connectivity index (χ1n) is 10.6. The number of nitrogens with one attached hydrogen (secondary N) is 2. The van der Waals surface area contributed by atoms with Crippen molar-refractivity contribution in [1.82, 2.24) is 9.80 Å². The van der Waals surface area contributed by atoms with Gasteiger partial charge in [0.15, 0.2) is 0 Å². The lowest BCUT2D eigenvalue weighted by Gasteiger charge is -2.42. The molecule has 3 aromatic rings. The number of urea groups is 1. The second-order valence-corrected chi connectivity index (χ2v) is 7.97. The van der Waals surface area contributed by atoms with Crippen LogP contribution in [-0.2, 0) is 0 Å². The summed E-state index contributed by atoms with van der Waals surface area (Å²) in [6, 6.07) is 26.0. The molecule has 0 spiro atoms. The number of anilines is 2. The Morgan fingerprint density at radius 1 is 0.909 bits per heavy atom. The lowest BCUT2D eigenvalue weighted by Crippen LogP contribution is -2.54. The van der Waals surface area contributed by atoms with E-state index in [1.165, 1.54) is 0 Å². The highest BCUT2D eigenvalue weighted by molar-refractivity contribution is 6.30. The van der Waals surface area contributed by atoms with Crippen LogP contribution in [0.15, 0.2) is 89.9 Å². The van der Waals surface area contributed by atoms with Crippen molar-refractivity contribution in [3.63, 3.8) is 0 Å².